The van der Waals surface area contributed by atoms with Crippen LogP contribution in [-0.4, -0.2) is 27.3 Å². The minimum absolute atomic E-state index is 0.0858. The number of anilines is 1. The number of carbonyl (C=O) groups excluding carboxylic acids is 2. The van der Waals surface area contributed by atoms with E-state index in [0.717, 1.165) is 10.5 Å². The maximum atomic E-state index is 12.3. The molecule has 1 atom stereocenters. The lowest BCUT2D eigenvalue weighted by Crippen LogP contribution is -2.26. The molecule has 1 aliphatic heterocycles. The molecule has 1 aliphatic rings. The number of esters is 1. The van der Waals surface area contributed by atoms with Crippen molar-refractivity contribution >= 4 is 29.3 Å². The zero-order chi connectivity index (χ0) is 18.8. The normalized spacial score (nSPS) is 15.7. The standard InChI is InChI=1S/C19H15N3O4S/c1-11-17(23)20-14-9-13(7-8-15(14)27-11)19(24)25-10-16-21-22-18(26-16)12-5-3-2-4-6-12/h2-9,11H,10H2,1H3,(H,20,23). The first-order chi connectivity index (χ1) is 13.1. The first kappa shape index (κ1) is 17.3. The fraction of sp³-hybridized carbons (Fsp3) is 0.158. The van der Waals surface area contributed by atoms with Crippen molar-refractivity contribution in [2.24, 2.45) is 0 Å². The summed E-state index contributed by atoms with van der Waals surface area (Å²) >= 11 is 1.45. The van der Waals surface area contributed by atoms with Crippen molar-refractivity contribution in [2.75, 3.05) is 5.32 Å². The van der Waals surface area contributed by atoms with E-state index >= 15 is 0 Å². The third kappa shape index (κ3) is 3.70. The Morgan fingerprint density at radius 2 is 2.04 bits per heavy atom. The number of hydrogen-bond donors (Lipinski definition) is 1. The Hall–Kier alpha value is -3.13. The monoisotopic (exact) mass is 381 g/mol. The highest BCUT2D eigenvalue weighted by Crippen LogP contribution is 2.36. The van der Waals surface area contributed by atoms with Crippen LogP contribution in [0.2, 0.25) is 0 Å². The fourth-order valence-electron chi connectivity index (χ4n) is 2.56. The predicted molar refractivity (Wildman–Crippen MR) is 99.2 cm³/mol. The van der Waals surface area contributed by atoms with Crippen molar-refractivity contribution in [3.8, 4) is 11.5 Å². The quantitative estimate of drug-likeness (QED) is 0.691. The molecule has 1 unspecified atom stereocenters. The van der Waals surface area contributed by atoms with E-state index in [-0.39, 0.29) is 23.7 Å². The number of benzene rings is 2. The Morgan fingerprint density at radius 3 is 2.85 bits per heavy atom. The summed E-state index contributed by atoms with van der Waals surface area (Å²) in [5, 5.41) is 10.5. The van der Waals surface area contributed by atoms with Crippen molar-refractivity contribution in [2.45, 2.75) is 23.7 Å². The smallest absolute Gasteiger partial charge is 0.338 e. The topological polar surface area (TPSA) is 94.3 Å². The van der Waals surface area contributed by atoms with Gasteiger partial charge in [-0.3, -0.25) is 4.79 Å². The molecular formula is C19H15N3O4S. The molecule has 1 aromatic heterocycles. The molecule has 0 saturated carbocycles. The molecule has 0 spiro atoms. The average Bonchev–Trinajstić information content (AvgIpc) is 3.16. The Labute approximate surface area is 159 Å². The second-order valence-corrected chi connectivity index (χ2v) is 7.29. The van der Waals surface area contributed by atoms with Gasteiger partial charge >= 0.3 is 5.97 Å². The molecule has 7 nitrogen and oxygen atoms in total. The van der Waals surface area contributed by atoms with Crippen LogP contribution in [0.15, 0.2) is 57.8 Å². The van der Waals surface area contributed by atoms with Gasteiger partial charge in [-0.15, -0.1) is 22.0 Å². The number of thioether (sulfide) groups is 1. The van der Waals surface area contributed by atoms with E-state index in [4.69, 9.17) is 9.15 Å². The van der Waals surface area contributed by atoms with Crippen LogP contribution in [0.3, 0.4) is 0 Å². The van der Waals surface area contributed by atoms with Crippen molar-refractivity contribution in [3.63, 3.8) is 0 Å². The molecule has 0 radical (unpaired) electrons. The largest absolute Gasteiger partial charge is 0.452 e. The molecule has 1 N–H and O–H groups in total. The molecule has 2 aromatic carbocycles. The van der Waals surface area contributed by atoms with Crippen LogP contribution in [0.4, 0.5) is 5.69 Å². The summed E-state index contributed by atoms with van der Waals surface area (Å²) in [4.78, 5) is 25.0. The Bertz CT molecular complexity index is 1000. The van der Waals surface area contributed by atoms with E-state index in [1.54, 1.807) is 18.2 Å². The van der Waals surface area contributed by atoms with E-state index in [9.17, 15) is 9.59 Å². The summed E-state index contributed by atoms with van der Waals surface area (Å²) in [7, 11) is 0. The number of nitrogens with zero attached hydrogens (tertiary/aromatic N) is 2. The van der Waals surface area contributed by atoms with Crippen LogP contribution in [0.1, 0.15) is 23.2 Å². The molecule has 0 aliphatic carbocycles. The van der Waals surface area contributed by atoms with Gasteiger partial charge in [0.25, 0.3) is 5.89 Å². The SMILES string of the molecule is CC1Sc2ccc(C(=O)OCc3nnc(-c4ccccc4)o3)cc2NC1=O. The van der Waals surface area contributed by atoms with Gasteiger partial charge in [0, 0.05) is 10.5 Å². The zero-order valence-corrected chi connectivity index (χ0v) is 15.2. The van der Waals surface area contributed by atoms with Gasteiger partial charge in [0.15, 0.2) is 6.61 Å². The van der Waals surface area contributed by atoms with Gasteiger partial charge in [0.2, 0.25) is 11.8 Å². The summed E-state index contributed by atoms with van der Waals surface area (Å²) in [6.07, 6.45) is 0. The highest BCUT2D eigenvalue weighted by atomic mass is 32.2. The van der Waals surface area contributed by atoms with Crippen LogP contribution in [0.25, 0.3) is 11.5 Å². The molecule has 0 saturated heterocycles. The van der Waals surface area contributed by atoms with E-state index in [1.807, 2.05) is 37.3 Å². The number of aromatic nitrogens is 2. The van der Waals surface area contributed by atoms with Crippen LogP contribution in [-0.2, 0) is 16.1 Å². The molecular weight excluding hydrogens is 366 g/mol. The first-order valence-electron chi connectivity index (χ1n) is 8.26. The molecule has 1 amide bonds. The molecule has 0 bridgehead atoms. The Morgan fingerprint density at radius 1 is 1.22 bits per heavy atom. The van der Waals surface area contributed by atoms with Crippen molar-refractivity contribution in [1.29, 1.82) is 0 Å². The van der Waals surface area contributed by atoms with Gasteiger partial charge in [-0.05, 0) is 37.3 Å². The van der Waals surface area contributed by atoms with Gasteiger partial charge in [-0.2, -0.15) is 0 Å². The summed E-state index contributed by atoms with van der Waals surface area (Å²) < 4.78 is 10.8. The minimum Gasteiger partial charge on any atom is -0.452 e. The van der Waals surface area contributed by atoms with Gasteiger partial charge in [0.1, 0.15) is 0 Å². The molecule has 4 rings (SSSR count). The van der Waals surface area contributed by atoms with E-state index in [1.165, 1.54) is 11.8 Å². The zero-order valence-electron chi connectivity index (χ0n) is 14.3. The van der Waals surface area contributed by atoms with Crippen LogP contribution >= 0.6 is 11.8 Å². The third-order valence-electron chi connectivity index (χ3n) is 3.96. The van der Waals surface area contributed by atoms with E-state index in [0.29, 0.717) is 17.1 Å². The number of amides is 1. The predicted octanol–water partition coefficient (Wildman–Crippen LogP) is 3.53. The van der Waals surface area contributed by atoms with Crippen molar-refractivity contribution < 1.29 is 18.7 Å². The van der Waals surface area contributed by atoms with Crippen molar-refractivity contribution in [3.05, 3.63) is 60.0 Å². The highest BCUT2D eigenvalue weighted by Gasteiger charge is 2.24. The van der Waals surface area contributed by atoms with Crippen LogP contribution in [0, 0.1) is 0 Å². The number of nitrogens with one attached hydrogen (secondary N) is 1. The molecule has 136 valence electrons. The lowest BCUT2D eigenvalue weighted by molar-refractivity contribution is -0.115. The summed E-state index contributed by atoms with van der Waals surface area (Å²) in [6.45, 7) is 1.70. The Kier molecular flexibility index (Phi) is 4.64. The maximum Gasteiger partial charge on any atom is 0.338 e. The molecule has 8 heteroatoms. The molecule has 3 aromatic rings. The van der Waals surface area contributed by atoms with Crippen molar-refractivity contribution in [1.82, 2.24) is 10.2 Å². The first-order valence-corrected chi connectivity index (χ1v) is 9.14. The summed E-state index contributed by atoms with van der Waals surface area (Å²) in [5.74, 6) is -0.0467. The van der Waals surface area contributed by atoms with Crippen LogP contribution < -0.4 is 5.32 Å². The second-order valence-electron chi connectivity index (χ2n) is 5.90. The Balaban J connectivity index is 1.42. The highest BCUT2D eigenvalue weighted by molar-refractivity contribution is 8.00. The lowest BCUT2D eigenvalue weighted by atomic mass is 10.2. The number of fused-ring (bicyclic) bond motifs is 1. The third-order valence-corrected chi connectivity index (χ3v) is 5.14. The van der Waals surface area contributed by atoms with Gasteiger partial charge in [-0.1, -0.05) is 18.2 Å². The minimum atomic E-state index is -0.532. The molecule has 2 heterocycles. The number of carbonyl (C=O) groups is 2. The molecule has 27 heavy (non-hydrogen) atoms. The average molecular weight is 381 g/mol. The van der Waals surface area contributed by atoms with E-state index < -0.39 is 5.97 Å². The summed E-state index contributed by atoms with van der Waals surface area (Å²) in [6, 6.07) is 14.4. The van der Waals surface area contributed by atoms with Gasteiger partial charge in [-0.25, -0.2) is 4.79 Å². The number of rotatable bonds is 4. The lowest BCUT2D eigenvalue weighted by Gasteiger charge is -2.21. The summed E-state index contributed by atoms with van der Waals surface area (Å²) in [5.41, 5.74) is 1.74. The van der Waals surface area contributed by atoms with Gasteiger partial charge in [0.05, 0.1) is 16.5 Å². The number of hydrogen-bond acceptors (Lipinski definition) is 7. The molecule has 0 fully saturated rings. The van der Waals surface area contributed by atoms with Gasteiger partial charge < -0.3 is 14.5 Å². The number of ether oxygens (including phenoxy) is 1. The van der Waals surface area contributed by atoms with E-state index in [2.05, 4.69) is 15.5 Å². The maximum absolute atomic E-state index is 12.3. The van der Waals surface area contributed by atoms with Crippen LogP contribution in [0.5, 0.6) is 0 Å². The fourth-order valence-corrected chi connectivity index (χ4v) is 3.49. The second kappa shape index (κ2) is 7.24.